The summed E-state index contributed by atoms with van der Waals surface area (Å²) in [6.45, 7) is -2.25. The Morgan fingerprint density at radius 2 is 1.70 bits per heavy atom. The van der Waals surface area contributed by atoms with Gasteiger partial charge in [0.1, 0.15) is 23.8 Å². The molecule has 1 rings (SSSR count). The van der Waals surface area contributed by atoms with Gasteiger partial charge in [0.2, 0.25) is 10.0 Å². The zero-order valence-corrected chi connectivity index (χ0v) is 11.4. The molecular formula is C10H9ClFNO6S. The predicted molar refractivity (Wildman–Crippen MR) is 65.4 cm³/mol. The molecule has 2 N–H and O–H groups in total. The molecule has 0 aliphatic rings. The lowest BCUT2D eigenvalue weighted by molar-refractivity contribution is -0.139. The molecular weight excluding hydrogens is 317 g/mol. The van der Waals surface area contributed by atoms with Crippen molar-refractivity contribution in [3.8, 4) is 0 Å². The fourth-order valence-corrected chi connectivity index (χ4v) is 3.29. The largest absolute Gasteiger partial charge is 0.480 e. The zero-order chi connectivity index (χ0) is 15.5. The average Bonchev–Trinajstić information content (AvgIpc) is 2.26. The van der Waals surface area contributed by atoms with Gasteiger partial charge in [-0.25, -0.2) is 12.8 Å². The summed E-state index contributed by atoms with van der Waals surface area (Å²) in [7, 11) is -4.69. The molecule has 7 nitrogen and oxygen atoms in total. The van der Waals surface area contributed by atoms with Crippen molar-refractivity contribution in [2.75, 3.05) is 13.1 Å². The van der Waals surface area contributed by atoms with Gasteiger partial charge in [0.25, 0.3) is 0 Å². The number of benzene rings is 1. The second-order valence-electron chi connectivity index (χ2n) is 3.61. The summed E-state index contributed by atoms with van der Waals surface area (Å²) in [6.07, 6.45) is 0. The number of carboxylic acid groups (broad SMARTS) is 2. The lowest BCUT2D eigenvalue weighted by atomic mass is 10.3. The van der Waals surface area contributed by atoms with Crippen LogP contribution in [-0.4, -0.2) is 48.0 Å². The Balaban J connectivity index is 3.36. The van der Waals surface area contributed by atoms with Crippen molar-refractivity contribution in [3.05, 3.63) is 29.0 Å². The maximum Gasteiger partial charge on any atom is 0.318 e. The number of sulfonamides is 1. The van der Waals surface area contributed by atoms with E-state index in [1.807, 2.05) is 0 Å². The Hall–Kier alpha value is -1.71. The molecule has 0 aromatic heterocycles. The van der Waals surface area contributed by atoms with Crippen molar-refractivity contribution in [1.29, 1.82) is 0 Å². The Kier molecular flexibility index (Phi) is 5.03. The monoisotopic (exact) mass is 325 g/mol. The third-order valence-corrected chi connectivity index (χ3v) is 4.44. The van der Waals surface area contributed by atoms with Crippen LogP contribution in [0.2, 0.25) is 5.02 Å². The number of hydrogen-bond donors (Lipinski definition) is 2. The predicted octanol–water partition coefficient (Wildman–Crippen LogP) is 0.639. The molecule has 0 aliphatic heterocycles. The van der Waals surface area contributed by atoms with Crippen LogP contribution < -0.4 is 0 Å². The van der Waals surface area contributed by atoms with Gasteiger partial charge in [0.05, 0.1) is 5.02 Å². The first-order valence-corrected chi connectivity index (χ1v) is 6.86. The first kappa shape index (κ1) is 16.3. The van der Waals surface area contributed by atoms with E-state index in [-0.39, 0.29) is 4.31 Å². The van der Waals surface area contributed by atoms with Gasteiger partial charge in [0, 0.05) is 0 Å². The van der Waals surface area contributed by atoms with Gasteiger partial charge < -0.3 is 10.2 Å². The normalized spacial score (nSPS) is 11.6. The summed E-state index contributed by atoms with van der Waals surface area (Å²) in [6, 6.07) is 3.07. The van der Waals surface area contributed by atoms with Crippen molar-refractivity contribution in [2.45, 2.75) is 4.90 Å². The molecule has 0 saturated carbocycles. The van der Waals surface area contributed by atoms with Crippen molar-refractivity contribution >= 4 is 33.6 Å². The van der Waals surface area contributed by atoms with Gasteiger partial charge >= 0.3 is 11.9 Å². The number of carboxylic acids is 2. The Bertz CT molecular complexity index is 611. The Labute approximate surface area is 118 Å². The van der Waals surface area contributed by atoms with Gasteiger partial charge in [-0.3, -0.25) is 9.59 Å². The molecule has 0 bridgehead atoms. The summed E-state index contributed by atoms with van der Waals surface area (Å²) >= 11 is 5.59. The number of nitrogens with zero attached hydrogens (tertiary/aromatic N) is 1. The van der Waals surface area contributed by atoms with Crippen molar-refractivity contribution in [2.24, 2.45) is 0 Å². The fraction of sp³-hybridized carbons (Fsp3) is 0.200. The van der Waals surface area contributed by atoms with Crippen LogP contribution in [0, 0.1) is 5.82 Å². The number of hydrogen-bond acceptors (Lipinski definition) is 4. The van der Waals surface area contributed by atoms with Crippen LogP contribution in [0.25, 0.3) is 0 Å². The van der Waals surface area contributed by atoms with E-state index in [0.29, 0.717) is 0 Å². The summed E-state index contributed by atoms with van der Waals surface area (Å²) in [5.74, 6) is -4.36. The van der Waals surface area contributed by atoms with E-state index < -0.39 is 50.8 Å². The molecule has 110 valence electrons. The van der Waals surface area contributed by atoms with Gasteiger partial charge in [-0.05, 0) is 12.1 Å². The highest BCUT2D eigenvalue weighted by atomic mass is 35.5. The molecule has 0 saturated heterocycles. The number of halogens is 2. The average molecular weight is 326 g/mol. The van der Waals surface area contributed by atoms with Gasteiger partial charge in [-0.2, -0.15) is 4.31 Å². The Morgan fingerprint density at radius 1 is 1.20 bits per heavy atom. The molecule has 0 amide bonds. The first-order chi connectivity index (χ1) is 9.16. The van der Waals surface area contributed by atoms with Crippen LogP contribution in [0.1, 0.15) is 0 Å². The van der Waals surface area contributed by atoms with Gasteiger partial charge in [-0.15, -0.1) is 0 Å². The third-order valence-electron chi connectivity index (χ3n) is 2.14. The molecule has 0 heterocycles. The molecule has 0 atom stereocenters. The minimum Gasteiger partial charge on any atom is -0.480 e. The fourth-order valence-electron chi connectivity index (χ4n) is 1.39. The highest BCUT2D eigenvalue weighted by molar-refractivity contribution is 7.89. The smallest absolute Gasteiger partial charge is 0.318 e. The zero-order valence-electron chi connectivity index (χ0n) is 9.79. The summed E-state index contributed by atoms with van der Waals surface area (Å²) in [5.41, 5.74) is 0. The van der Waals surface area contributed by atoms with Crippen LogP contribution in [0.5, 0.6) is 0 Å². The van der Waals surface area contributed by atoms with E-state index in [2.05, 4.69) is 0 Å². The first-order valence-electron chi connectivity index (χ1n) is 5.04. The SMILES string of the molecule is O=C(O)CN(CC(=O)O)S(=O)(=O)c1c(F)cccc1Cl. The van der Waals surface area contributed by atoms with E-state index >= 15 is 0 Å². The van der Waals surface area contributed by atoms with Crippen LogP contribution in [0.15, 0.2) is 23.1 Å². The highest BCUT2D eigenvalue weighted by Crippen LogP contribution is 2.27. The maximum absolute atomic E-state index is 13.6. The summed E-state index contributed by atoms with van der Waals surface area (Å²) in [5, 5.41) is 16.8. The van der Waals surface area contributed by atoms with Crippen molar-refractivity contribution in [1.82, 2.24) is 4.31 Å². The van der Waals surface area contributed by atoms with Crippen molar-refractivity contribution < 1.29 is 32.6 Å². The molecule has 10 heteroatoms. The minimum absolute atomic E-state index is 0.113. The standard InChI is InChI=1S/C10H9ClFNO6S/c11-6-2-1-3-7(12)10(6)20(18,19)13(4-8(14)15)5-9(16)17/h1-3H,4-5H2,(H,14,15)(H,16,17). The van der Waals surface area contributed by atoms with Crippen LogP contribution >= 0.6 is 11.6 Å². The molecule has 20 heavy (non-hydrogen) atoms. The number of carbonyl (C=O) groups is 2. The van der Waals surface area contributed by atoms with E-state index in [1.54, 1.807) is 0 Å². The Morgan fingerprint density at radius 3 is 2.10 bits per heavy atom. The minimum atomic E-state index is -4.69. The molecule has 0 radical (unpaired) electrons. The second-order valence-corrected chi connectivity index (χ2v) is 5.89. The topological polar surface area (TPSA) is 112 Å². The number of aliphatic carboxylic acids is 2. The molecule has 1 aromatic rings. The lowest BCUT2D eigenvalue weighted by Crippen LogP contribution is -2.39. The van der Waals surface area contributed by atoms with Gasteiger partial charge in [0.15, 0.2) is 0 Å². The van der Waals surface area contributed by atoms with E-state index in [1.165, 1.54) is 0 Å². The highest BCUT2D eigenvalue weighted by Gasteiger charge is 2.32. The number of rotatable bonds is 6. The van der Waals surface area contributed by atoms with Crippen LogP contribution in [-0.2, 0) is 19.6 Å². The quantitative estimate of drug-likeness (QED) is 0.793. The van der Waals surface area contributed by atoms with E-state index in [0.717, 1.165) is 18.2 Å². The van der Waals surface area contributed by atoms with Gasteiger partial charge in [-0.1, -0.05) is 17.7 Å². The summed E-state index contributed by atoms with van der Waals surface area (Å²) in [4.78, 5) is 20.3. The second kappa shape index (κ2) is 6.16. The molecule has 1 aromatic carbocycles. The van der Waals surface area contributed by atoms with Crippen molar-refractivity contribution in [3.63, 3.8) is 0 Å². The van der Waals surface area contributed by atoms with E-state index in [4.69, 9.17) is 21.8 Å². The summed E-state index contributed by atoms with van der Waals surface area (Å²) < 4.78 is 37.9. The third kappa shape index (κ3) is 3.65. The molecule has 0 spiro atoms. The van der Waals surface area contributed by atoms with Crippen LogP contribution in [0.4, 0.5) is 4.39 Å². The van der Waals surface area contributed by atoms with Crippen LogP contribution in [0.3, 0.4) is 0 Å². The molecule has 0 aliphatic carbocycles. The maximum atomic E-state index is 13.6. The lowest BCUT2D eigenvalue weighted by Gasteiger charge is -2.19. The van der Waals surface area contributed by atoms with E-state index in [9.17, 15) is 22.4 Å². The molecule has 0 unspecified atom stereocenters. The molecule has 0 fully saturated rings.